The molecule has 0 saturated carbocycles. The molecule has 1 atom stereocenters. The van der Waals surface area contributed by atoms with Gasteiger partial charge in [-0.1, -0.05) is 49.2 Å². The second-order valence-electron chi connectivity index (χ2n) is 10.2. The summed E-state index contributed by atoms with van der Waals surface area (Å²) in [7, 11) is 0. The van der Waals surface area contributed by atoms with Crippen LogP contribution in [0.5, 0.6) is 5.75 Å². The fourth-order valence-electron chi connectivity index (χ4n) is 4.47. The number of unbranched alkanes of at least 4 members (excludes halogenated alkanes) is 4. The number of hydrogen-bond donors (Lipinski definition) is 6. The number of phenols is 1. The summed E-state index contributed by atoms with van der Waals surface area (Å²) in [5.41, 5.74) is 3.26. The van der Waals surface area contributed by atoms with Gasteiger partial charge in [0.15, 0.2) is 0 Å². The van der Waals surface area contributed by atoms with Gasteiger partial charge in [-0.3, -0.25) is 10.1 Å². The minimum atomic E-state index is -0.687. The minimum absolute atomic E-state index is 0.0316. The first kappa shape index (κ1) is 32.8. The maximum Gasteiger partial charge on any atom is 0.326 e. The van der Waals surface area contributed by atoms with E-state index in [9.17, 15) is 24.9 Å². The van der Waals surface area contributed by atoms with Crippen LogP contribution in [0, 0.1) is 0 Å². The lowest BCUT2D eigenvalue weighted by atomic mass is 10.1. The van der Waals surface area contributed by atoms with E-state index in [2.05, 4.69) is 16.0 Å². The largest absolute Gasteiger partial charge is 0.508 e. The van der Waals surface area contributed by atoms with Gasteiger partial charge in [-0.25, -0.2) is 4.79 Å². The first-order chi connectivity index (χ1) is 20.5. The van der Waals surface area contributed by atoms with Gasteiger partial charge in [-0.05, 0) is 86.2 Å². The molecule has 9 nitrogen and oxygen atoms in total. The fraction of sp³-hybridized carbons (Fsp3) is 0.394. The summed E-state index contributed by atoms with van der Waals surface area (Å²) in [4.78, 5) is 24.3. The zero-order chi connectivity index (χ0) is 30.0. The van der Waals surface area contributed by atoms with Crippen LogP contribution in [-0.2, 0) is 17.8 Å². The van der Waals surface area contributed by atoms with Crippen LogP contribution in [0.25, 0.3) is 0 Å². The van der Waals surface area contributed by atoms with Crippen LogP contribution in [0.2, 0.25) is 0 Å². The number of hydrogen-bond acceptors (Lipinski definition) is 7. The Hall–Kier alpha value is -3.76. The number of aromatic hydroxyl groups is 1. The average Bonchev–Trinajstić information content (AvgIpc) is 3.00. The van der Waals surface area contributed by atoms with Crippen LogP contribution in [-0.4, -0.2) is 53.6 Å². The van der Waals surface area contributed by atoms with Crippen LogP contribution in [0.4, 0.5) is 10.5 Å². The van der Waals surface area contributed by atoms with E-state index in [0.717, 1.165) is 70.3 Å². The Morgan fingerprint density at radius 3 is 2.38 bits per heavy atom. The van der Waals surface area contributed by atoms with E-state index in [1.807, 2.05) is 24.3 Å². The number of anilines is 1. The molecule has 3 aromatic rings. The molecule has 0 bridgehead atoms. The van der Waals surface area contributed by atoms with Crippen molar-refractivity contribution in [2.24, 2.45) is 0 Å². The fourth-order valence-corrected chi connectivity index (χ4v) is 4.47. The maximum absolute atomic E-state index is 12.2. The number of imide groups is 1. The molecule has 0 heterocycles. The van der Waals surface area contributed by atoms with Crippen molar-refractivity contribution < 1.29 is 29.6 Å². The van der Waals surface area contributed by atoms with Crippen molar-refractivity contribution >= 4 is 17.6 Å². The van der Waals surface area contributed by atoms with E-state index in [0.29, 0.717) is 28.9 Å². The smallest absolute Gasteiger partial charge is 0.326 e. The van der Waals surface area contributed by atoms with Gasteiger partial charge in [0, 0.05) is 36.6 Å². The molecule has 0 saturated heterocycles. The van der Waals surface area contributed by atoms with E-state index in [1.165, 1.54) is 6.07 Å². The Balaban J connectivity index is 1.17. The molecule has 0 aromatic heterocycles. The normalized spacial score (nSPS) is 11.7. The van der Waals surface area contributed by atoms with Crippen LogP contribution in [0.3, 0.4) is 0 Å². The second-order valence-corrected chi connectivity index (χ2v) is 10.2. The number of aliphatic hydroxyl groups is 2. The van der Waals surface area contributed by atoms with Gasteiger partial charge in [0.05, 0.1) is 12.7 Å². The Kier molecular flexibility index (Phi) is 14.5. The number of aryl methyl sites for hydroxylation is 1. The number of aliphatic hydroxyl groups excluding tert-OH is 2. The monoisotopic (exact) mass is 577 g/mol. The van der Waals surface area contributed by atoms with Crippen LogP contribution in [0.1, 0.15) is 71.7 Å². The molecular weight excluding hydrogens is 534 g/mol. The summed E-state index contributed by atoms with van der Waals surface area (Å²) >= 11 is 0. The van der Waals surface area contributed by atoms with Crippen molar-refractivity contribution in [1.29, 1.82) is 0 Å². The maximum atomic E-state index is 12.2. The summed E-state index contributed by atoms with van der Waals surface area (Å²) in [5.74, 6) is -0.414. The summed E-state index contributed by atoms with van der Waals surface area (Å²) in [6.07, 6.45) is 6.33. The lowest BCUT2D eigenvalue weighted by molar-refractivity contribution is 0.0967. The number of amides is 3. The molecule has 0 aliphatic carbocycles. The molecule has 0 radical (unpaired) electrons. The molecule has 0 aliphatic rings. The van der Waals surface area contributed by atoms with E-state index in [1.54, 1.807) is 42.5 Å². The van der Waals surface area contributed by atoms with Crippen LogP contribution < -0.4 is 16.0 Å². The molecule has 3 amide bonds. The molecule has 6 N–H and O–H groups in total. The van der Waals surface area contributed by atoms with Gasteiger partial charge in [-0.15, -0.1) is 0 Å². The summed E-state index contributed by atoms with van der Waals surface area (Å²) in [6, 6.07) is 20.5. The van der Waals surface area contributed by atoms with Crippen molar-refractivity contribution in [3.05, 3.63) is 95.1 Å². The molecule has 9 heteroatoms. The number of carbonyl (C=O) groups excluding carboxylic acids is 2. The van der Waals surface area contributed by atoms with E-state index >= 15 is 0 Å². The summed E-state index contributed by atoms with van der Waals surface area (Å²) in [6.45, 7) is 2.44. The van der Waals surface area contributed by atoms with Crippen LogP contribution in [0.15, 0.2) is 72.8 Å². The Morgan fingerprint density at radius 2 is 1.60 bits per heavy atom. The molecule has 42 heavy (non-hydrogen) atoms. The molecule has 226 valence electrons. The van der Waals surface area contributed by atoms with Crippen molar-refractivity contribution in [2.45, 2.75) is 57.7 Å². The quantitative estimate of drug-likeness (QED) is 0.116. The van der Waals surface area contributed by atoms with Gasteiger partial charge in [0.1, 0.15) is 5.75 Å². The Bertz CT molecular complexity index is 1240. The lowest BCUT2D eigenvalue weighted by Gasteiger charge is -2.14. The van der Waals surface area contributed by atoms with Crippen molar-refractivity contribution in [1.82, 2.24) is 10.6 Å². The molecule has 0 aliphatic heterocycles. The van der Waals surface area contributed by atoms with Gasteiger partial charge in [-0.2, -0.15) is 0 Å². The third-order valence-corrected chi connectivity index (χ3v) is 6.84. The highest BCUT2D eigenvalue weighted by Crippen LogP contribution is 2.22. The van der Waals surface area contributed by atoms with E-state index in [-0.39, 0.29) is 12.4 Å². The van der Waals surface area contributed by atoms with Crippen molar-refractivity contribution in [3.63, 3.8) is 0 Å². The Labute approximate surface area is 247 Å². The molecular formula is C33H43N3O6. The molecule has 0 spiro atoms. The first-order valence-corrected chi connectivity index (χ1v) is 14.6. The van der Waals surface area contributed by atoms with Gasteiger partial charge >= 0.3 is 6.03 Å². The molecule has 3 aromatic carbocycles. The highest BCUT2D eigenvalue weighted by molar-refractivity contribution is 6.07. The summed E-state index contributed by atoms with van der Waals surface area (Å²) < 4.78 is 5.78. The van der Waals surface area contributed by atoms with Crippen molar-refractivity contribution in [2.75, 3.05) is 31.6 Å². The number of carbonyl (C=O) groups is 2. The second kappa shape index (κ2) is 18.6. The molecule has 3 rings (SSSR count). The summed E-state index contributed by atoms with van der Waals surface area (Å²) in [5, 5.41) is 37.5. The third-order valence-electron chi connectivity index (χ3n) is 6.84. The van der Waals surface area contributed by atoms with Gasteiger partial charge in [0.2, 0.25) is 0 Å². The predicted octanol–water partition coefficient (Wildman–Crippen LogP) is 5.07. The number of urea groups is 1. The van der Waals surface area contributed by atoms with E-state index in [4.69, 9.17) is 4.74 Å². The molecule has 0 fully saturated rings. The van der Waals surface area contributed by atoms with Gasteiger partial charge < -0.3 is 30.7 Å². The standard InChI is InChI=1S/C33H43N3O6/c37-24-28-22-27(16-17-30(28)38)31(39)23-34-18-7-1-2-8-19-42-20-9-6-11-25-12-10-15-29(21-25)35-33(41)36-32(40)26-13-4-3-5-14-26/h3-5,10,12-17,21-22,31,34,37-39H,1-2,6-9,11,18-20,23-24H2,(H2,35,36,40,41)/t31-/m0/s1. The van der Waals surface area contributed by atoms with E-state index < -0.39 is 18.0 Å². The highest BCUT2D eigenvalue weighted by atomic mass is 16.5. The first-order valence-electron chi connectivity index (χ1n) is 14.6. The Morgan fingerprint density at radius 1 is 0.833 bits per heavy atom. The lowest BCUT2D eigenvalue weighted by Crippen LogP contribution is -2.34. The zero-order valence-corrected chi connectivity index (χ0v) is 24.1. The number of nitrogens with one attached hydrogen (secondary N) is 3. The van der Waals surface area contributed by atoms with Crippen LogP contribution >= 0.6 is 0 Å². The minimum Gasteiger partial charge on any atom is -0.508 e. The zero-order valence-electron chi connectivity index (χ0n) is 24.1. The van der Waals surface area contributed by atoms with Crippen molar-refractivity contribution in [3.8, 4) is 5.75 Å². The average molecular weight is 578 g/mol. The third kappa shape index (κ3) is 12.0. The SMILES string of the molecule is O=C(NC(=O)c1ccccc1)Nc1cccc(CCCCOCCCCCCNC[C@H](O)c2ccc(O)c(CO)c2)c1. The number of rotatable bonds is 18. The molecule has 0 unspecified atom stereocenters. The topological polar surface area (TPSA) is 140 Å². The van der Waals surface area contributed by atoms with Gasteiger partial charge in [0.25, 0.3) is 5.91 Å². The number of benzene rings is 3. The predicted molar refractivity (Wildman–Crippen MR) is 163 cm³/mol. The number of ether oxygens (including phenoxy) is 1. The highest BCUT2D eigenvalue weighted by Gasteiger charge is 2.11.